The summed E-state index contributed by atoms with van der Waals surface area (Å²) >= 11 is 4.75. The SMILES string of the molecule is CC(C)(CC[C@H]1CN(c2ncc(-c3ccc(-c4cn[nH]c4)c4ncsc34)nn2)C[C@@H](C2CC2)N1)NC1CCN(c2ncc(-c3ccc(-c4cn[nH]c4)c4nc(-c5cc(-c6cnc(N7CCNC(C(C)(C)C)C7)nn6)c6scnc6c5-c5cn[nH]c5)sc34)nn2)C1. The van der Waals surface area contributed by atoms with Crippen LogP contribution in [0, 0.1) is 11.3 Å². The first-order chi connectivity index (χ1) is 43.9. The Bertz CT molecular complexity index is 4500. The fourth-order valence-electron chi connectivity index (χ4n) is 13.3. The van der Waals surface area contributed by atoms with Crippen LogP contribution in [0.3, 0.4) is 0 Å². The lowest BCUT2D eigenvalue weighted by atomic mass is 9.85. The molecule has 2 unspecified atom stereocenters. The summed E-state index contributed by atoms with van der Waals surface area (Å²) in [6.45, 7) is 17.2. The van der Waals surface area contributed by atoms with Gasteiger partial charge >= 0.3 is 0 Å². The zero-order valence-electron chi connectivity index (χ0n) is 50.4. The zero-order valence-corrected chi connectivity index (χ0v) is 52.8. The van der Waals surface area contributed by atoms with E-state index >= 15 is 0 Å². The van der Waals surface area contributed by atoms with Crippen molar-refractivity contribution in [3.8, 4) is 77.7 Å². The van der Waals surface area contributed by atoms with Crippen LogP contribution in [-0.4, -0.2) is 167 Å². The van der Waals surface area contributed by atoms with E-state index in [-0.39, 0.29) is 23.0 Å². The molecule has 1 aliphatic carbocycles. The van der Waals surface area contributed by atoms with Crippen LogP contribution >= 0.6 is 34.0 Å². The molecule has 1 saturated carbocycles. The first-order valence-corrected chi connectivity index (χ1v) is 33.3. The molecule has 9 aromatic heterocycles. The third-order valence-electron chi connectivity index (χ3n) is 18.2. The average molecular weight is 1260 g/mol. The van der Waals surface area contributed by atoms with Crippen molar-refractivity contribution in [1.82, 2.24) is 107 Å². The number of fused-ring (bicyclic) bond motifs is 3. The van der Waals surface area contributed by atoms with Gasteiger partial charge in [-0.25, -0.2) is 29.9 Å². The number of anilines is 3. The lowest BCUT2D eigenvalue weighted by Crippen LogP contribution is -2.58. The van der Waals surface area contributed by atoms with Gasteiger partial charge in [-0.1, -0.05) is 45.0 Å². The molecule has 24 nitrogen and oxygen atoms in total. The molecule has 6 N–H and O–H groups in total. The van der Waals surface area contributed by atoms with Crippen LogP contribution in [0.2, 0.25) is 0 Å². The number of piperazine rings is 2. The summed E-state index contributed by atoms with van der Waals surface area (Å²) in [5, 5.41) is 63.1. The minimum absolute atomic E-state index is 0.0870. The Hall–Kier alpha value is -8.73. The molecule has 0 amide bonds. The van der Waals surface area contributed by atoms with Gasteiger partial charge in [0, 0.05) is 150 Å². The smallest absolute Gasteiger partial charge is 0.245 e. The second-order valence-corrected chi connectivity index (χ2v) is 28.6. The van der Waals surface area contributed by atoms with Gasteiger partial charge in [-0.05, 0) is 63.4 Å². The molecule has 456 valence electrons. The van der Waals surface area contributed by atoms with Crippen LogP contribution in [0.1, 0.15) is 66.7 Å². The van der Waals surface area contributed by atoms with Crippen molar-refractivity contribution in [3.05, 3.63) is 97.1 Å². The minimum Gasteiger partial charge on any atom is -0.338 e. The van der Waals surface area contributed by atoms with E-state index in [2.05, 4.69) is 126 Å². The van der Waals surface area contributed by atoms with Crippen LogP contribution < -0.4 is 30.7 Å². The largest absolute Gasteiger partial charge is 0.338 e. The number of hydrogen-bond donors (Lipinski definition) is 6. The number of aromatic amines is 3. The molecule has 3 saturated heterocycles. The maximum Gasteiger partial charge on any atom is 0.245 e. The number of H-pyrrole nitrogens is 3. The molecule has 0 spiro atoms. The van der Waals surface area contributed by atoms with Crippen LogP contribution in [0.15, 0.2) is 97.1 Å². The molecule has 16 rings (SSSR count). The van der Waals surface area contributed by atoms with Crippen LogP contribution in [-0.2, 0) is 0 Å². The molecular weight excluding hydrogens is 1190 g/mol. The highest BCUT2D eigenvalue weighted by molar-refractivity contribution is 7.22. The molecule has 90 heavy (non-hydrogen) atoms. The second kappa shape index (κ2) is 22.9. The van der Waals surface area contributed by atoms with E-state index < -0.39 is 0 Å². The van der Waals surface area contributed by atoms with Crippen LogP contribution in [0.5, 0.6) is 0 Å². The van der Waals surface area contributed by atoms with Gasteiger partial charge in [-0.2, -0.15) is 15.3 Å². The molecular formula is C63H66N24S3. The molecule has 4 atom stereocenters. The topological polar surface area (TPSA) is 287 Å². The standard InChI is InChI=1S/C63H66N24S3/c1-62(2,3)50-31-86(17-15-64-50)60-66-27-48(81-83-60)44-18-45(51(37-23-74-75-24-37)54-56(44)89-33-69-54)58-77-53-41(36-21-72-73-22-36)9-11-43(57(53)90-58)47-26-65-59(82-80-47)85-16-13-39(29-85)78-63(4,5)14-12-38-28-87(30-49(76-38)34-6-7-34)61-67-25-46(79-84-61)42-10-8-40(35-19-70-71-20-35)52-55(42)88-32-68-52/h8-11,18-27,32-34,38-39,49-50,64,76,78H,6-7,12-17,28-31H2,1-5H3,(H,70,71)(H,72,73)(H,74,75)/t38-,39?,49-,50?/m0/s1. The Labute approximate surface area is 529 Å². The molecule has 27 heteroatoms. The fraction of sp³-hybridized carbons (Fsp3) is 0.381. The van der Waals surface area contributed by atoms with Gasteiger partial charge in [0.05, 0.1) is 78.9 Å². The molecule has 3 aromatic carbocycles. The Morgan fingerprint density at radius 1 is 0.556 bits per heavy atom. The highest BCUT2D eigenvalue weighted by Crippen LogP contribution is 2.48. The van der Waals surface area contributed by atoms with Crippen LogP contribution in [0.25, 0.3) is 108 Å². The first-order valence-electron chi connectivity index (χ1n) is 30.7. The van der Waals surface area contributed by atoms with Gasteiger partial charge in [0.15, 0.2) is 0 Å². The van der Waals surface area contributed by atoms with Crippen molar-refractivity contribution in [2.75, 3.05) is 60.5 Å². The van der Waals surface area contributed by atoms with Crippen molar-refractivity contribution in [1.29, 1.82) is 0 Å². The number of nitrogens with one attached hydrogen (secondary N) is 6. The predicted molar refractivity (Wildman–Crippen MR) is 353 cm³/mol. The minimum atomic E-state index is -0.121. The van der Waals surface area contributed by atoms with Crippen LogP contribution in [0.4, 0.5) is 17.8 Å². The summed E-state index contributed by atoms with van der Waals surface area (Å²) in [6.07, 6.45) is 22.2. The number of thiazole rings is 3. The molecule has 4 fully saturated rings. The second-order valence-electron chi connectivity index (χ2n) is 25.8. The van der Waals surface area contributed by atoms with Gasteiger partial charge in [0.1, 0.15) is 22.1 Å². The quantitative estimate of drug-likeness (QED) is 0.0525. The fourth-order valence-corrected chi connectivity index (χ4v) is 16.0. The number of aromatic nitrogens is 18. The van der Waals surface area contributed by atoms with E-state index in [1.165, 1.54) is 12.8 Å². The van der Waals surface area contributed by atoms with Crippen molar-refractivity contribution in [2.24, 2.45) is 11.3 Å². The Morgan fingerprint density at radius 2 is 1.14 bits per heavy atom. The zero-order chi connectivity index (χ0) is 60.7. The van der Waals surface area contributed by atoms with Gasteiger partial charge < -0.3 is 30.7 Å². The number of rotatable bonds is 16. The van der Waals surface area contributed by atoms with Gasteiger partial charge in [0.25, 0.3) is 0 Å². The van der Waals surface area contributed by atoms with E-state index in [1.54, 1.807) is 34.0 Å². The van der Waals surface area contributed by atoms with E-state index in [0.717, 1.165) is 162 Å². The Morgan fingerprint density at radius 3 is 1.77 bits per heavy atom. The Balaban J connectivity index is 0.617. The van der Waals surface area contributed by atoms with E-state index in [4.69, 9.17) is 60.5 Å². The normalized spacial score (nSPS) is 19.3. The van der Waals surface area contributed by atoms with E-state index in [9.17, 15) is 0 Å². The molecule has 0 bridgehead atoms. The first kappa shape index (κ1) is 56.5. The Kier molecular flexibility index (Phi) is 14.4. The summed E-state index contributed by atoms with van der Waals surface area (Å²) in [5.41, 5.74) is 17.6. The third-order valence-corrected chi connectivity index (χ3v) is 21.1. The van der Waals surface area contributed by atoms with Crippen molar-refractivity contribution in [2.45, 2.75) is 96.4 Å². The summed E-state index contributed by atoms with van der Waals surface area (Å²) in [5.74, 6) is 2.58. The molecule has 12 aromatic rings. The van der Waals surface area contributed by atoms with Crippen molar-refractivity contribution < 1.29 is 0 Å². The molecule has 0 radical (unpaired) electrons. The maximum atomic E-state index is 5.49. The lowest BCUT2D eigenvalue weighted by molar-refractivity contribution is 0.252. The average Bonchev–Trinajstić information content (AvgIpc) is 1.62. The maximum absolute atomic E-state index is 5.49. The van der Waals surface area contributed by atoms with E-state index in [0.29, 0.717) is 47.2 Å². The summed E-state index contributed by atoms with van der Waals surface area (Å²) in [6, 6.07) is 11.7. The van der Waals surface area contributed by atoms with Gasteiger partial charge in [-0.15, -0.1) is 64.6 Å². The van der Waals surface area contributed by atoms with Gasteiger partial charge in [0.2, 0.25) is 17.8 Å². The number of nitrogens with zero attached hydrogens (tertiary/aromatic N) is 18. The summed E-state index contributed by atoms with van der Waals surface area (Å²) < 4.78 is 2.97. The highest BCUT2D eigenvalue weighted by atomic mass is 32.1. The van der Waals surface area contributed by atoms with Gasteiger partial charge in [-0.3, -0.25) is 15.3 Å². The van der Waals surface area contributed by atoms with Crippen molar-refractivity contribution >= 4 is 82.5 Å². The number of hydrogen-bond acceptors (Lipinski definition) is 24. The lowest BCUT2D eigenvalue weighted by Gasteiger charge is -2.40. The number of benzene rings is 3. The highest BCUT2D eigenvalue weighted by Gasteiger charge is 2.39. The van der Waals surface area contributed by atoms with Crippen molar-refractivity contribution in [3.63, 3.8) is 0 Å². The van der Waals surface area contributed by atoms with E-state index in [1.807, 2.05) is 66.8 Å². The monoisotopic (exact) mass is 1250 g/mol. The summed E-state index contributed by atoms with van der Waals surface area (Å²) in [4.78, 5) is 36.9. The summed E-state index contributed by atoms with van der Waals surface area (Å²) in [7, 11) is 0. The molecule has 12 heterocycles. The molecule has 4 aliphatic rings. The molecule has 3 aliphatic heterocycles. The third kappa shape index (κ3) is 10.9. The predicted octanol–water partition coefficient (Wildman–Crippen LogP) is 9.72.